The number of hydrogen-bond acceptors (Lipinski definition) is 5. The number of amides is 2. The van der Waals surface area contributed by atoms with Crippen LogP contribution in [0.1, 0.15) is 26.2 Å². The Labute approximate surface area is 131 Å². The molecule has 2 heterocycles. The van der Waals surface area contributed by atoms with Crippen molar-refractivity contribution in [3.05, 3.63) is 11.1 Å². The molecule has 0 aromatic heterocycles. The summed E-state index contributed by atoms with van der Waals surface area (Å²) in [5.41, 5.74) is 2.89. The van der Waals surface area contributed by atoms with Crippen LogP contribution in [0.3, 0.4) is 0 Å². The first-order valence-electron chi connectivity index (χ1n) is 8.23. The van der Waals surface area contributed by atoms with Gasteiger partial charge in [-0.25, -0.2) is 0 Å². The van der Waals surface area contributed by atoms with Gasteiger partial charge in [-0.15, -0.1) is 0 Å². The SMILES string of the molecule is CC1=C(CNC2CCC(=O)NC2=O)C[C@@H]1N1CCN(C)CC1. The number of piperazine rings is 1. The van der Waals surface area contributed by atoms with Crippen LogP contribution in [0.2, 0.25) is 0 Å². The molecule has 6 heteroatoms. The molecule has 1 unspecified atom stereocenters. The molecule has 0 aromatic carbocycles. The van der Waals surface area contributed by atoms with E-state index in [1.54, 1.807) is 0 Å². The summed E-state index contributed by atoms with van der Waals surface area (Å²) < 4.78 is 0. The van der Waals surface area contributed by atoms with E-state index < -0.39 is 0 Å². The maximum absolute atomic E-state index is 11.7. The monoisotopic (exact) mass is 306 g/mol. The molecule has 3 aliphatic rings. The number of nitrogens with one attached hydrogen (secondary N) is 2. The highest BCUT2D eigenvalue weighted by Crippen LogP contribution is 2.32. The van der Waals surface area contributed by atoms with E-state index in [0.29, 0.717) is 18.9 Å². The van der Waals surface area contributed by atoms with Gasteiger partial charge in [-0.2, -0.15) is 0 Å². The first-order chi connectivity index (χ1) is 10.5. The van der Waals surface area contributed by atoms with Gasteiger partial charge in [0, 0.05) is 45.2 Å². The molecule has 2 N–H and O–H groups in total. The Balaban J connectivity index is 1.48. The predicted molar refractivity (Wildman–Crippen MR) is 84.3 cm³/mol. The van der Waals surface area contributed by atoms with Crippen molar-refractivity contribution in [2.45, 2.75) is 38.3 Å². The molecule has 22 heavy (non-hydrogen) atoms. The number of rotatable bonds is 4. The van der Waals surface area contributed by atoms with Gasteiger partial charge in [-0.3, -0.25) is 19.8 Å². The van der Waals surface area contributed by atoms with Gasteiger partial charge in [0.15, 0.2) is 0 Å². The summed E-state index contributed by atoms with van der Waals surface area (Å²) in [4.78, 5) is 27.8. The second kappa shape index (κ2) is 6.48. The average Bonchev–Trinajstić information content (AvgIpc) is 2.49. The highest BCUT2D eigenvalue weighted by Gasteiger charge is 2.33. The molecule has 2 aliphatic heterocycles. The minimum absolute atomic E-state index is 0.155. The molecule has 0 bridgehead atoms. The number of nitrogens with zero attached hydrogens (tertiary/aromatic N) is 2. The van der Waals surface area contributed by atoms with Crippen LogP contribution >= 0.6 is 0 Å². The summed E-state index contributed by atoms with van der Waals surface area (Å²) in [6, 6.07) is 0.368. The Morgan fingerprint density at radius 2 is 1.95 bits per heavy atom. The van der Waals surface area contributed by atoms with Crippen LogP contribution in [0, 0.1) is 0 Å². The van der Waals surface area contributed by atoms with Gasteiger partial charge >= 0.3 is 0 Å². The number of piperidine rings is 1. The maximum Gasteiger partial charge on any atom is 0.243 e. The molecule has 3 rings (SSSR count). The van der Waals surface area contributed by atoms with Gasteiger partial charge in [-0.1, -0.05) is 11.1 Å². The van der Waals surface area contributed by atoms with Crippen molar-refractivity contribution in [3.8, 4) is 0 Å². The Kier molecular flexibility index (Phi) is 4.61. The van der Waals surface area contributed by atoms with Crippen molar-refractivity contribution >= 4 is 11.8 Å². The van der Waals surface area contributed by atoms with Crippen LogP contribution in [-0.4, -0.2) is 73.5 Å². The average molecular weight is 306 g/mol. The standard InChI is InChI=1S/C16H26N4O2/c1-11-12(9-14(11)20-7-5-19(2)6-8-20)10-17-13-3-4-15(21)18-16(13)22/h13-14,17H,3-10H2,1-2H3,(H,18,21,22)/t13?,14-/m0/s1. The lowest BCUT2D eigenvalue weighted by Crippen LogP contribution is -2.54. The fraction of sp³-hybridized carbons (Fsp3) is 0.750. The fourth-order valence-electron chi connectivity index (χ4n) is 3.53. The molecule has 0 spiro atoms. The van der Waals surface area contributed by atoms with Crippen molar-refractivity contribution in [2.75, 3.05) is 39.8 Å². The van der Waals surface area contributed by atoms with Gasteiger partial charge in [0.25, 0.3) is 0 Å². The summed E-state index contributed by atoms with van der Waals surface area (Å²) in [6.07, 6.45) is 2.15. The number of likely N-dealkylation sites (N-methyl/N-ethyl adjacent to an activating group) is 1. The van der Waals surface area contributed by atoms with E-state index in [4.69, 9.17) is 0 Å². The zero-order valence-electron chi connectivity index (χ0n) is 13.5. The van der Waals surface area contributed by atoms with Gasteiger partial charge in [0.2, 0.25) is 11.8 Å². The van der Waals surface area contributed by atoms with Crippen LogP contribution < -0.4 is 10.6 Å². The fourth-order valence-corrected chi connectivity index (χ4v) is 3.53. The molecule has 2 saturated heterocycles. The zero-order chi connectivity index (χ0) is 15.7. The smallest absolute Gasteiger partial charge is 0.243 e. The van der Waals surface area contributed by atoms with Crippen molar-refractivity contribution in [1.82, 2.24) is 20.4 Å². The lowest BCUT2D eigenvalue weighted by molar-refractivity contribution is -0.134. The maximum atomic E-state index is 11.7. The molecule has 1 aliphatic carbocycles. The quantitative estimate of drug-likeness (QED) is 0.552. The molecule has 6 nitrogen and oxygen atoms in total. The summed E-state index contributed by atoms with van der Waals surface area (Å²) in [5, 5.41) is 5.70. The van der Waals surface area contributed by atoms with Crippen LogP contribution in [0.5, 0.6) is 0 Å². The summed E-state index contributed by atoms with van der Waals surface area (Å²) in [6.45, 7) is 7.57. The third-order valence-corrected chi connectivity index (χ3v) is 5.28. The van der Waals surface area contributed by atoms with Crippen LogP contribution in [-0.2, 0) is 9.59 Å². The Bertz CT molecular complexity index is 494. The first kappa shape index (κ1) is 15.6. The van der Waals surface area contributed by atoms with E-state index in [-0.39, 0.29) is 17.9 Å². The number of carbonyl (C=O) groups excluding carboxylic acids is 2. The molecule has 122 valence electrons. The molecule has 0 aromatic rings. The van der Waals surface area contributed by atoms with E-state index in [2.05, 4.69) is 34.4 Å². The number of imide groups is 1. The lowest BCUT2D eigenvalue weighted by atomic mass is 9.82. The highest BCUT2D eigenvalue weighted by atomic mass is 16.2. The van der Waals surface area contributed by atoms with Crippen LogP contribution in [0.25, 0.3) is 0 Å². The van der Waals surface area contributed by atoms with Gasteiger partial charge in [0.05, 0.1) is 6.04 Å². The third kappa shape index (κ3) is 3.24. The first-order valence-corrected chi connectivity index (χ1v) is 8.23. The minimum atomic E-state index is -0.222. The number of hydrogen-bond donors (Lipinski definition) is 2. The summed E-state index contributed by atoms with van der Waals surface area (Å²) >= 11 is 0. The second-order valence-electron chi connectivity index (χ2n) is 6.73. The zero-order valence-corrected chi connectivity index (χ0v) is 13.5. The van der Waals surface area contributed by atoms with Crippen LogP contribution in [0.15, 0.2) is 11.1 Å². The topological polar surface area (TPSA) is 64.7 Å². The Morgan fingerprint density at radius 1 is 1.23 bits per heavy atom. The van der Waals surface area contributed by atoms with Crippen molar-refractivity contribution in [1.29, 1.82) is 0 Å². The third-order valence-electron chi connectivity index (χ3n) is 5.28. The summed E-state index contributed by atoms with van der Waals surface area (Å²) in [7, 11) is 2.18. The van der Waals surface area contributed by atoms with E-state index in [9.17, 15) is 9.59 Å². The van der Waals surface area contributed by atoms with Crippen molar-refractivity contribution in [2.24, 2.45) is 0 Å². The predicted octanol–water partition coefficient (Wildman–Crippen LogP) is -0.283. The Hall–Kier alpha value is -1.24. The molecule has 2 fully saturated rings. The summed E-state index contributed by atoms with van der Waals surface area (Å²) in [5.74, 6) is -0.332. The normalized spacial score (nSPS) is 31.2. The molecular formula is C16H26N4O2. The van der Waals surface area contributed by atoms with Crippen molar-refractivity contribution < 1.29 is 9.59 Å². The molecular weight excluding hydrogens is 280 g/mol. The lowest BCUT2D eigenvalue weighted by Gasteiger charge is -2.44. The molecule has 0 saturated carbocycles. The van der Waals surface area contributed by atoms with Gasteiger partial charge < -0.3 is 10.2 Å². The van der Waals surface area contributed by atoms with E-state index >= 15 is 0 Å². The van der Waals surface area contributed by atoms with E-state index in [1.165, 1.54) is 11.1 Å². The molecule has 0 radical (unpaired) electrons. The molecule has 2 amide bonds. The second-order valence-corrected chi connectivity index (χ2v) is 6.73. The largest absolute Gasteiger partial charge is 0.304 e. The van der Waals surface area contributed by atoms with E-state index in [0.717, 1.165) is 39.1 Å². The van der Waals surface area contributed by atoms with Gasteiger partial charge in [-0.05, 0) is 26.8 Å². The number of carbonyl (C=O) groups is 2. The van der Waals surface area contributed by atoms with E-state index in [1.807, 2.05) is 0 Å². The van der Waals surface area contributed by atoms with Crippen LogP contribution in [0.4, 0.5) is 0 Å². The Morgan fingerprint density at radius 3 is 2.59 bits per heavy atom. The van der Waals surface area contributed by atoms with Gasteiger partial charge in [0.1, 0.15) is 0 Å². The minimum Gasteiger partial charge on any atom is -0.304 e. The highest BCUT2D eigenvalue weighted by molar-refractivity contribution is 6.00. The van der Waals surface area contributed by atoms with Crippen molar-refractivity contribution in [3.63, 3.8) is 0 Å². The molecule has 2 atom stereocenters.